The Morgan fingerprint density at radius 1 is 1.11 bits per heavy atom. The fourth-order valence-electron chi connectivity index (χ4n) is 3.34. The van der Waals surface area contributed by atoms with E-state index in [-0.39, 0.29) is 24.5 Å². The SMILES string of the molecule is CCOc1cccc(C2C(=C(O)c3ccccc3)C(=O)C(=O)N2CCOC)c1. The van der Waals surface area contributed by atoms with E-state index >= 15 is 0 Å². The second-order valence-corrected chi connectivity index (χ2v) is 6.36. The lowest BCUT2D eigenvalue weighted by molar-refractivity contribution is -0.140. The monoisotopic (exact) mass is 381 g/mol. The summed E-state index contributed by atoms with van der Waals surface area (Å²) in [6.07, 6.45) is 0. The van der Waals surface area contributed by atoms with Crippen molar-refractivity contribution in [1.82, 2.24) is 4.90 Å². The van der Waals surface area contributed by atoms with Crippen LogP contribution in [-0.4, -0.2) is 48.6 Å². The molecule has 1 amide bonds. The maximum absolute atomic E-state index is 12.8. The van der Waals surface area contributed by atoms with Crippen molar-refractivity contribution in [1.29, 1.82) is 0 Å². The average Bonchev–Trinajstić information content (AvgIpc) is 2.97. The van der Waals surface area contributed by atoms with Crippen LogP contribution < -0.4 is 4.74 Å². The van der Waals surface area contributed by atoms with E-state index < -0.39 is 17.7 Å². The van der Waals surface area contributed by atoms with Gasteiger partial charge in [0, 0.05) is 19.2 Å². The normalized spacial score (nSPS) is 18.5. The minimum atomic E-state index is -0.712. The number of hydrogen-bond acceptors (Lipinski definition) is 5. The zero-order valence-electron chi connectivity index (χ0n) is 15.9. The second kappa shape index (κ2) is 8.71. The number of carbonyl (C=O) groups is 2. The number of rotatable bonds is 7. The van der Waals surface area contributed by atoms with Crippen molar-refractivity contribution < 1.29 is 24.2 Å². The van der Waals surface area contributed by atoms with Crippen molar-refractivity contribution in [3.05, 3.63) is 71.3 Å². The van der Waals surface area contributed by atoms with E-state index in [0.29, 0.717) is 23.5 Å². The van der Waals surface area contributed by atoms with Crippen LogP contribution in [0.5, 0.6) is 5.75 Å². The van der Waals surface area contributed by atoms with Crippen molar-refractivity contribution >= 4 is 17.4 Å². The molecule has 1 heterocycles. The fraction of sp³-hybridized carbons (Fsp3) is 0.273. The molecular weight excluding hydrogens is 358 g/mol. The molecule has 6 nitrogen and oxygen atoms in total. The molecule has 1 aliphatic rings. The summed E-state index contributed by atoms with van der Waals surface area (Å²) in [5.74, 6) is -0.909. The summed E-state index contributed by atoms with van der Waals surface area (Å²) < 4.78 is 10.7. The number of likely N-dealkylation sites (tertiary alicyclic amines) is 1. The van der Waals surface area contributed by atoms with Crippen LogP contribution in [0.15, 0.2) is 60.2 Å². The molecule has 1 N–H and O–H groups in total. The molecule has 2 aromatic rings. The van der Waals surface area contributed by atoms with Crippen LogP contribution in [0.2, 0.25) is 0 Å². The van der Waals surface area contributed by atoms with Gasteiger partial charge in [-0.25, -0.2) is 0 Å². The molecule has 1 fully saturated rings. The molecule has 0 aromatic heterocycles. The maximum atomic E-state index is 12.8. The Hall–Kier alpha value is -3.12. The molecule has 2 aromatic carbocycles. The molecule has 3 rings (SSSR count). The third kappa shape index (κ3) is 3.77. The van der Waals surface area contributed by atoms with Crippen LogP contribution in [-0.2, 0) is 14.3 Å². The van der Waals surface area contributed by atoms with Gasteiger partial charge in [0.15, 0.2) is 0 Å². The molecule has 1 aliphatic heterocycles. The number of carbonyl (C=O) groups excluding carboxylic acids is 2. The van der Waals surface area contributed by atoms with Crippen molar-refractivity contribution in [3.8, 4) is 5.75 Å². The van der Waals surface area contributed by atoms with E-state index in [1.54, 1.807) is 36.4 Å². The molecule has 1 unspecified atom stereocenters. The first-order chi connectivity index (χ1) is 13.6. The van der Waals surface area contributed by atoms with Gasteiger partial charge < -0.3 is 19.5 Å². The Labute approximate surface area is 164 Å². The standard InChI is InChI=1S/C22H23NO5/c1-3-28-17-11-7-10-16(14-17)19-18(20(24)15-8-5-4-6-9-15)21(25)22(26)23(19)12-13-27-2/h4-11,14,19,24H,3,12-13H2,1-2H3. The molecule has 1 atom stereocenters. The predicted octanol–water partition coefficient (Wildman–Crippen LogP) is 3.15. The van der Waals surface area contributed by atoms with Gasteiger partial charge in [-0.2, -0.15) is 0 Å². The number of ketones is 1. The summed E-state index contributed by atoms with van der Waals surface area (Å²) in [4.78, 5) is 26.9. The van der Waals surface area contributed by atoms with E-state index in [0.717, 1.165) is 0 Å². The van der Waals surface area contributed by atoms with E-state index in [2.05, 4.69) is 0 Å². The Morgan fingerprint density at radius 3 is 2.54 bits per heavy atom. The summed E-state index contributed by atoms with van der Waals surface area (Å²) in [5, 5.41) is 10.9. The zero-order valence-corrected chi connectivity index (χ0v) is 15.9. The molecule has 0 saturated carbocycles. The lowest BCUT2D eigenvalue weighted by Gasteiger charge is -2.25. The third-order valence-electron chi connectivity index (χ3n) is 4.61. The van der Waals surface area contributed by atoms with Gasteiger partial charge in [0.05, 0.1) is 24.8 Å². The fourth-order valence-corrected chi connectivity index (χ4v) is 3.34. The highest BCUT2D eigenvalue weighted by Gasteiger charge is 2.45. The number of ether oxygens (including phenoxy) is 2. The highest BCUT2D eigenvalue weighted by atomic mass is 16.5. The number of aliphatic hydroxyl groups is 1. The number of methoxy groups -OCH3 is 1. The minimum absolute atomic E-state index is 0.0703. The van der Waals surface area contributed by atoms with Crippen LogP contribution in [0, 0.1) is 0 Å². The molecule has 0 aliphatic carbocycles. The van der Waals surface area contributed by atoms with E-state index in [1.165, 1.54) is 12.0 Å². The smallest absolute Gasteiger partial charge is 0.295 e. The second-order valence-electron chi connectivity index (χ2n) is 6.36. The highest BCUT2D eigenvalue weighted by molar-refractivity contribution is 6.46. The van der Waals surface area contributed by atoms with E-state index in [1.807, 2.05) is 25.1 Å². The van der Waals surface area contributed by atoms with Gasteiger partial charge in [-0.15, -0.1) is 0 Å². The first-order valence-electron chi connectivity index (χ1n) is 9.14. The van der Waals surface area contributed by atoms with Crippen molar-refractivity contribution in [3.63, 3.8) is 0 Å². The number of amides is 1. The number of Topliss-reactive ketones (excluding diaryl/α,β-unsaturated/α-hetero) is 1. The topological polar surface area (TPSA) is 76.1 Å². The van der Waals surface area contributed by atoms with Gasteiger partial charge in [-0.05, 0) is 24.6 Å². The number of hydrogen-bond donors (Lipinski definition) is 1. The molecule has 6 heteroatoms. The number of aliphatic hydroxyl groups excluding tert-OH is 1. The summed E-state index contributed by atoms with van der Waals surface area (Å²) >= 11 is 0. The lowest BCUT2D eigenvalue weighted by atomic mass is 9.95. The van der Waals surface area contributed by atoms with Gasteiger partial charge >= 0.3 is 0 Å². The lowest BCUT2D eigenvalue weighted by Crippen LogP contribution is -2.32. The average molecular weight is 381 g/mol. The van der Waals surface area contributed by atoms with E-state index in [9.17, 15) is 14.7 Å². The van der Waals surface area contributed by atoms with Gasteiger partial charge in [-0.3, -0.25) is 9.59 Å². The van der Waals surface area contributed by atoms with Crippen molar-refractivity contribution in [2.24, 2.45) is 0 Å². The van der Waals surface area contributed by atoms with Gasteiger partial charge in [0.25, 0.3) is 11.7 Å². The quantitative estimate of drug-likeness (QED) is 0.453. The first-order valence-corrected chi connectivity index (χ1v) is 9.14. The van der Waals surface area contributed by atoms with Crippen LogP contribution in [0.4, 0.5) is 0 Å². The highest BCUT2D eigenvalue weighted by Crippen LogP contribution is 2.40. The Balaban J connectivity index is 2.14. The molecule has 28 heavy (non-hydrogen) atoms. The molecule has 0 bridgehead atoms. The Morgan fingerprint density at radius 2 is 1.86 bits per heavy atom. The van der Waals surface area contributed by atoms with Crippen LogP contribution >= 0.6 is 0 Å². The molecule has 0 radical (unpaired) electrons. The predicted molar refractivity (Wildman–Crippen MR) is 105 cm³/mol. The van der Waals surface area contributed by atoms with Crippen LogP contribution in [0.1, 0.15) is 24.1 Å². The summed E-state index contributed by atoms with van der Waals surface area (Å²) in [6, 6.07) is 15.3. The number of benzene rings is 2. The summed E-state index contributed by atoms with van der Waals surface area (Å²) in [6.45, 7) is 2.89. The molecule has 0 spiro atoms. The van der Waals surface area contributed by atoms with E-state index in [4.69, 9.17) is 9.47 Å². The Bertz CT molecular complexity index is 891. The third-order valence-corrected chi connectivity index (χ3v) is 4.61. The Kier molecular flexibility index (Phi) is 6.11. The van der Waals surface area contributed by atoms with Crippen LogP contribution in [0.25, 0.3) is 5.76 Å². The van der Waals surface area contributed by atoms with Crippen molar-refractivity contribution in [2.45, 2.75) is 13.0 Å². The number of nitrogens with zero attached hydrogens (tertiary/aromatic N) is 1. The maximum Gasteiger partial charge on any atom is 0.295 e. The van der Waals surface area contributed by atoms with Gasteiger partial charge in [0.2, 0.25) is 0 Å². The van der Waals surface area contributed by atoms with Crippen LogP contribution in [0.3, 0.4) is 0 Å². The molecular formula is C22H23NO5. The van der Waals surface area contributed by atoms with Gasteiger partial charge in [-0.1, -0.05) is 42.5 Å². The largest absolute Gasteiger partial charge is 0.507 e. The molecule has 146 valence electrons. The summed E-state index contributed by atoms with van der Waals surface area (Å²) in [7, 11) is 1.53. The zero-order chi connectivity index (χ0) is 20.1. The molecule has 1 saturated heterocycles. The first kappa shape index (κ1) is 19.6. The van der Waals surface area contributed by atoms with Crippen molar-refractivity contribution in [2.75, 3.05) is 26.9 Å². The summed E-state index contributed by atoms with van der Waals surface area (Å²) in [5.41, 5.74) is 1.25. The van der Waals surface area contributed by atoms with Gasteiger partial charge in [0.1, 0.15) is 11.5 Å². The minimum Gasteiger partial charge on any atom is -0.507 e.